The molecule has 2 aromatic heterocycles. The van der Waals surface area contributed by atoms with Gasteiger partial charge in [0, 0.05) is 73.5 Å². The summed E-state index contributed by atoms with van der Waals surface area (Å²) in [7, 11) is -0.722. The van der Waals surface area contributed by atoms with Gasteiger partial charge in [0.25, 0.3) is 0 Å². The van der Waals surface area contributed by atoms with Gasteiger partial charge in [-0.1, -0.05) is 6.07 Å². The van der Waals surface area contributed by atoms with Gasteiger partial charge in [-0.05, 0) is 19.1 Å². The number of nitrogens with zero attached hydrogens (tertiary/aromatic N) is 5. The summed E-state index contributed by atoms with van der Waals surface area (Å²) in [4.78, 5) is 18.2. The first-order valence-corrected chi connectivity index (χ1v) is 9.89. The van der Waals surface area contributed by atoms with E-state index in [0.29, 0.717) is 5.82 Å². The van der Waals surface area contributed by atoms with Crippen molar-refractivity contribution in [2.75, 3.05) is 49.6 Å². The van der Waals surface area contributed by atoms with Crippen LogP contribution >= 0.6 is 0 Å². The fourth-order valence-corrected chi connectivity index (χ4v) is 3.30. The highest BCUT2D eigenvalue weighted by Crippen LogP contribution is 2.19. The maximum absolute atomic E-state index is 11.2. The lowest BCUT2D eigenvalue weighted by Gasteiger charge is -2.35. The van der Waals surface area contributed by atoms with E-state index in [9.17, 15) is 4.21 Å². The molecule has 0 spiro atoms. The Labute approximate surface area is 145 Å². The van der Waals surface area contributed by atoms with Crippen LogP contribution < -0.4 is 4.90 Å². The maximum Gasteiger partial charge on any atom is 0.180 e. The van der Waals surface area contributed by atoms with E-state index >= 15 is 0 Å². The van der Waals surface area contributed by atoms with Gasteiger partial charge in [0.15, 0.2) is 5.82 Å². The molecule has 0 saturated carbocycles. The molecule has 1 aliphatic heterocycles. The van der Waals surface area contributed by atoms with Crippen LogP contribution in [-0.4, -0.2) is 68.8 Å². The Morgan fingerprint density at radius 3 is 2.62 bits per heavy atom. The van der Waals surface area contributed by atoms with Gasteiger partial charge >= 0.3 is 0 Å². The monoisotopic (exact) mass is 345 g/mol. The van der Waals surface area contributed by atoms with Crippen LogP contribution in [-0.2, 0) is 10.8 Å². The lowest BCUT2D eigenvalue weighted by atomic mass is 10.2. The first-order chi connectivity index (χ1) is 11.6. The van der Waals surface area contributed by atoms with E-state index in [-0.39, 0.29) is 0 Å². The quantitative estimate of drug-likeness (QED) is 0.815. The van der Waals surface area contributed by atoms with Gasteiger partial charge < -0.3 is 4.90 Å². The summed E-state index contributed by atoms with van der Waals surface area (Å²) in [5, 5.41) is 0. The van der Waals surface area contributed by atoms with Crippen LogP contribution in [0.4, 0.5) is 5.82 Å². The Morgan fingerprint density at radius 2 is 1.96 bits per heavy atom. The molecule has 6 nitrogen and oxygen atoms in total. The molecule has 7 heteroatoms. The molecule has 3 rings (SSSR count). The predicted octanol–water partition coefficient (Wildman–Crippen LogP) is 1.35. The van der Waals surface area contributed by atoms with Gasteiger partial charge in [0.2, 0.25) is 0 Å². The minimum absolute atomic E-state index is 0.675. The van der Waals surface area contributed by atoms with Gasteiger partial charge in [0.05, 0.1) is 0 Å². The second-order valence-electron chi connectivity index (χ2n) is 6.01. The summed E-state index contributed by atoms with van der Waals surface area (Å²) < 4.78 is 11.2. The molecule has 1 saturated heterocycles. The molecule has 24 heavy (non-hydrogen) atoms. The van der Waals surface area contributed by atoms with Crippen molar-refractivity contribution in [1.29, 1.82) is 0 Å². The largest absolute Gasteiger partial charge is 0.354 e. The molecule has 0 aliphatic carbocycles. The Balaban J connectivity index is 1.70. The summed E-state index contributed by atoms with van der Waals surface area (Å²) in [6.45, 7) is 6.69. The van der Waals surface area contributed by atoms with Gasteiger partial charge in [0.1, 0.15) is 11.5 Å². The zero-order valence-electron chi connectivity index (χ0n) is 14.2. The first-order valence-electron chi connectivity index (χ1n) is 8.16. The Kier molecular flexibility index (Phi) is 5.52. The highest BCUT2D eigenvalue weighted by Gasteiger charge is 2.19. The number of piperazine rings is 1. The van der Waals surface area contributed by atoms with Crippen LogP contribution in [0.5, 0.6) is 0 Å². The molecule has 0 bridgehead atoms. The number of hydrogen-bond acceptors (Lipinski definition) is 6. The summed E-state index contributed by atoms with van der Waals surface area (Å²) in [6, 6.07) is 7.80. The minimum atomic E-state index is -0.722. The number of aryl methyl sites for hydroxylation is 1. The Hall–Kier alpha value is -1.86. The minimum Gasteiger partial charge on any atom is -0.354 e. The number of rotatable bonds is 5. The van der Waals surface area contributed by atoms with E-state index in [1.165, 1.54) is 0 Å². The summed E-state index contributed by atoms with van der Waals surface area (Å²) in [5.41, 5.74) is 1.75. The van der Waals surface area contributed by atoms with Crippen molar-refractivity contribution in [2.24, 2.45) is 0 Å². The van der Waals surface area contributed by atoms with E-state index in [0.717, 1.165) is 55.7 Å². The van der Waals surface area contributed by atoms with Crippen molar-refractivity contribution in [3.63, 3.8) is 0 Å². The number of anilines is 1. The molecule has 128 valence electrons. The van der Waals surface area contributed by atoms with Crippen LogP contribution in [0.15, 0.2) is 30.5 Å². The van der Waals surface area contributed by atoms with Crippen LogP contribution in [0.2, 0.25) is 0 Å². The SMILES string of the molecule is Cc1cc(N2CCN(CCS(C)=O)CC2)nc(-c2ccccn2)n1. The molecule has 2 aromatic rings. The van der Waals surface area contributed by atoms with E-state index in [4.69, 9.17) is 4.98 Å². The van der Waals surface area contributed by atoms with Gasteiger partial charge in [-0.15, -0.1) is 0 Å². The van der Waals surface area contributed by atoms with E-state index in [1.54, 1.807) is 12.5 Å². The third-order valence-electron chi connectivity index (χ3n) is 4.13. The smallest absolute Gasteiger partial charge is 0.180 e. The fraction of sp³-hybridized carbons (Fsp3) is 0.471. The second kappa shape index (κ2) is 7.81. The van der Waals surface area contributed by atoms with Gasteiger partial charge in [-0.25, -0.2) is 9.97 Å². The zero-order chi connectivity index (χ0) is 16.9. The molecule has 0 radical (unpaired) electrons. The zero-order valence-corrected chi connectivity index (χ0v) is 15.0. The van der Waals surface area contributed by atoms with E-state index in [1.807, 2.05) is 31.2 Å². The van der Waals surface area contributed by atoms with Crippen LogP contribution in [0.25, 0.3) is 11.5 Å². The van der Waals surface area contributed by atoms with Crippen molar-refractivity contribution >= 4 is 16.6 Å². The third-order valence-corrected chi connectivity index (χ3v) is 4.88. The number of pyridine rings is 1. The number of hydrogen-bond donors (Lipinski definition) is 0. The Bertz CT molecular complexity index is 701. The summed E-state index contributed by atoms with van der Waals surface area (Å²) >= 11 is 0. The molecule has 0 aromatic carbocycles. The Morgan fingerprint density at radius 1 is 1.17 bits per heavy atom. The lowest BCUT2D eigenvalue weighted by molar-refractivity contribution is 0.272. The number of aromatic nitrogens is 3. The average molecular weight is 345 g/mol. The molecular formula is C17H23N5OS. The summed E-state index contributed by atoms with van der Waals surface area (Å²) in [5.74, 6) is 2.38. The first kappa shape index (κ1) is 17.0. The van der Waals surface area contributed by atoms with E-state index < -0.39 is 10.8 Å². The topological polar surface area (TPSA) is 62.2 Å². The highest BCUT2D eigenvalue weighted by atomic mass is 32.2. The lowest BCUT2D eigenvalue weighted by Crippen LogP contribution is -2.47. The van der Waals surface area contributed by atoms with Crippen LogP contribution in [0.1, 0.15) is 5.69 Å². The molecule has 0 amide bonds. The third kappa shape index (κ3) is 4.36. The molecule has 1 unspecified atom stereocenters. The maximum atomic E-state index is 11.2. The normalized spacial score (nSPS) is 17.0. The summed E-state index contributed by atoms with van der Waals surface area (Å²) in [6.07, 6.45) is 3.52. The molecule has 0 N–H and O–H groups in total. The van der Waals surface area contributed by atoms with Gasteiger partial charge in [-0.2, -0.15) is 0 Å². The van der Waals surface area contributed by atoms with Crippen molar-refractivity contribution in [3.8, 4) is 11.5 Å². The van der Waals surface area contributed by atoms with Crippen molar-refractivity contribution < 1.29 is 4.21 Å². The highest BCUT2D eigenvalue weighted by molar-refractivity contribution is 7.84. The van der Waals surface area contributed by atoms with Crippen molar-refractivity contribution in [3.05, 3.63) is 36.2 Å². The standard InChI is InChI=1S/C17H23N5OS/c1-14-13-16(20-17(19-14)15-5-3-4-6-18-15)22-9-7-21(8-10-22)11-12-24(2)23/h3-6,13H,7-12H2,1-2H3. The van der Waals surface area contributed by atoms with Gasteiger partial charge in [-0.3, -0.25) is 14.1 Å². The average Bonchev–Trinajstić information content (AvgIpc) is 2.60. The molecule has 1 aliphatic rings. The van der Waals surface area contributed by atoms with Crippen molar-refractivity contribution in [1.82, 2.24) is 19.9 Å². The second-order valence-corrected chi connectivity index (χ2v) is 7.57. The van der Waals surface area contributed by atoms with Crippen LogP contribution in [0, 0.1) is 6.92 Å². The fourth-order valence-electron chi connectivity index (χ4n) is 2.78. The molecule has 1 fully saturated rings. The molecular weight excluding hydrogens is 322 g/mol. The van der Waals surface area contributed by atoms with E-state index in [2.05, 4.69) is 19.8 Å². The molecule has 1 atom stereocenters. The van der Waals surface area contributed by atoms with Crippen molar-refractivity contribution in [2.45, 2.75) is 6.92 Å². The van der Waals surface area contributed by atoms with Crippen LogP contribution in [0.3, 0.4) is 0 Å². The predicted molar refractivity (Wildman–Crippen MR) is 97.6 cm³/mol. The molecule has 3 heterocycles.